The Morgan fingerprint density at radius 1 is 1.05 bits per heavy atom. The van der Waals surface area contributed by atoms with E-state index in [-0.39, 0.29) is 0 Å². The number of aryl methyl sites for hydroxylation is 1. The molecule has 3 heteroatoms. The highest BCUT2D eigenvalue weighted by Crippen LogP contribution is 2.56. The van der Waals surface area contributed by atoms with Gasteiger partial charge >= 0.3 is 0 Å². The number of pyridine rings is 1. The van der Waals surface area contributed by atoms with Gasteiger partial charge in [0.2, 0.25) is 5.88 Å². The minimum absolute atomic E-state index is 0.542. The number of nitrogens with zero attached hydrogens (tertiary/aromatic N) is 1. The number of rotatable bonds is 4. The highest BCUT2D eigenvalue weighted by molar-refractivity contribution is 5.45. The lowest BCUT2D eigenvalue weighted by Crippen LogP contribution is -1.93. The van der Waals surface area contributed by atoms with Crippen molar-refractivity contribution >= 4 is 0 Å². The normalized spacial score (nSPS) is 20.6. The lowest BCUT2D eigenvalue weighted by atomic mass is 10.0. The van der Waals surface area contributed by atoms with Crippen LogP contribution in [0.5, 0.6) is 11.6 Å². The van der Waals surface area contributed by atoms with E-state index in [1.165, 1.54) is 16.7 Å². The minimum Gasteiger partial charge on any atom is -0.496 e. The van der Waals surface area contributed by atoms with Crippen LogP contribution in [-0.2, 0) is 0 Å². The Morgan fingerprint density at radius 2 is 1.90 bits per heavy atom. The van der Waals surface area contributed by atoms with Gasteiger partial charge in [0.1, 0.15) is 5.75 Å². The molecule has 3 rings (SSSR count). The smallest absolute Gasteiger partial charge is 0.212 e. The summed E-state index contributed by atoms with van der Waals surface area (Å²) in [6.45, 7) is 2.12. The van der Waals surface area contributed by atoms with Gasteiger partial charge in [0.05, 0.1) is 14.2 Å². The monoisotopic (exact) mass is 269 g/mol. The maximum atomic E-state index is 5.49. The van der Waals surface area contributed by atoms with E-state index in [0.717, 1.165) is 12.2 Å². The van der Waals surface area contributed by atoms with Gasteiger partial charge in [-0.05, 0) is 42.4 Å². The molecule has 1 aliphatic rings. The lowest BCUT2D eigenvalue weighted by molar-refractivity contribution is 0.397. The number of ether oxygens (including phenoxy) is 2. The van der Waals surface area contributed by atoms with Gasteiger partial charge in [0, 0.05) is 12.3 Å². The quantitative estimate of drug-likeness (QED) is 0.848. The van der Waals surface area contributed by atoms with Crippen LogP contribution >= 0.6 is 0 Å². The van der Waals surface area contributed by atoms with E-state index in [2.05, 4.69) is 36.2 Å². The lowest BCUT2D eigenvalue weighted by Gasteiger charge is -2.09. The van der Waals surface area contributed by atoms with Crippen molar-refractivity contribution in [3.8, 4) is 11.6 Å². The molecule has 1 aliphatic carbocycles. The van der Waals surface area contributed by atoms with Crippen LogP contribution in [0.3, 0.4) is 0 Å². The molecule has 1 saturated carbocycles. The molecule has 0 saturated heterocycles. The van der Waals surface area contributed by atoms with Crippen LogP contribution in [0.2, 0.25) is 0 Å². The van der Waals surface area contributed by atoms with Gasteiger partial charge in [0.25, 0.3) is 0 Å². The van der Waals surface area contributed by atoms with Crippen LogP contribution in [0.15, 0.2) is 36.5 Å². The van der Waals surface area contributed by atoms with Crippen LogP contribution in [0.25, 0.3) is 0 Å². The van der Waals surface area contributed by atoms with E-state index >= 15 is 0 Å². The second kappa shape index (κ2) is 5.16. The van der Waals surface area contributed by atoms with Gasteiger partial charge < -0.3 is 9.47 Å². The van der Waals surface area contributed by atoms with Crippen LogP contribution in [0.4, 0.5) is 0 Å². The summed E-state index contributed by atoms with van der Waals surface area (Å²) >= 11 is 0. The van der Waals surface area contributed by atoms with Gasteiger partial charge in [-0.2, -0.15) is 0 Å². The predicted molar refractivity (Wildman–Crippen MR) is 78.6 cm³/mol. The fourth-order valence-electron chi connectivity index (χ4n) is 2.78. The average Bonchev–Trinajstić information content (AvgIpc) is 3.27. The van der Waals surface area contributed by atoms with Crippen molar-refractivity contribution in [1.82, 2.24) is 4.98 Å². The number of hydrogen-bond acceptors (Lipinski definition) is 3. The zero-order valence-corrected chi connectivity index (χ0v) is 12.1. The summed E-state index contributed by atoms with van der Waals surface area (Å²) in [5, 5.41) is 0. The summed E-state index contributed by atoms with van der Waals surface area (Å²) in [7, 11) is 3.38. The molecule has 2 aromatic rings. The Bertz CT molecular complexity index is 607. The van der Waals surface area contributed by atoms with E-state index in [1.54, 1.807) is 14.2 Å². The van der Waals surface area contributed by atoms with Gasteiger partial charge in [-0.1, -0.05) is 23.8 Å². The Balaban J connectivity index is 1.83. The van der Waals surface area contributed by atoms with Crippen LogP contribution in [0, 0.1) is 6.92 Å². The molecule has 1 fully saturated rings. The Hall–Kier alpha value is -2.03. The van der Waals surface area contributed by atoms with Crippen LogP contribution < -0.4 is 9.47 Å². The molecule has 1 heterocycles. The molecule has 0 unspecified atom stereocenters. The first-order valence-corrected chi connectivity index (χ1v) is 6.87. The van der Waals surface area contributed by atoms with Crippen molar-refractivity contribution < 1.29 is 9.47 Å². The molecule has 0 bridgehead atoms. The summed E-state index contributed by atoms with van der Waals surface area (Å²) in [6, 6.07) is 10.4. The molecule has 3 nitrogen and oxygen atoms in total. The molecule has 0 radical (unpaired) electrons. The van der Waals surface area contributed by atoms with Crippen molar-refractivity contribution in [3.05, 3.63) is 53.2 Å². The summed E-state index contributed by atoms with van der Waals surface area (Å²) < 4.78 is 10.6. The third-order valence-corrected chi connectivity index (χ3v) is 3.97. The molecule has 2 atom stereocenters. The van der Waals surface area contributed by atoms with Crippen molar-refractivity contribution in [1.29, 1.82) is 0 Å². The topological polar surface area (TPSA) is 31.4 Å². The van der Waals surface area contributed by atoms with E-state index < -0.39 is 0 Å². The molecule has 104 valence electrons. The number of benzene rings is 1. The molecule has 20 heavy (non-hydrogen) atoms. The molecule has 1 aromatic heterocycles. The second-order valence-electron chi connectivity index (χ2n) is 5.33. The average molecular weight is 269 g/mol. The maximum Gasteiger partial charge on any atom is 0.212 e. The standard InChI is InChI=1S/C17H19NO2/c1-11-4-6-16(19-2)15(8-11)14-9-13(14)12-5-7-17(20-3)18-10-12/h4-8,10,13-14H,9H2,1-3H3/t13-,14-/m0/s1. The maximum absolute atomic E-state index is 5.49. The fraction of sp³-hybridized carbons (Fsp3) is 0.353. The van der Waals surface area contributed by atoms with Crippen molar-refractivity contribution in [2.45, 2.75) is 25.2 Å². The van der Waals surface area contributed by atoms with Gasteiger partial charge in [-0.25, -0.2) is 4.98 Å². The number of aromatic nitrogens is 1. The van der Waals surface area contributed by atoms with E-state index in [4.69, 9.17) is 9.47 Å². The third-order valence-electron chi connectivity index (χ3n) is 3.97. The first-order valence-electron chi connectivity index (χ1n) is 6.87. The molecular weight excluding hydrogens is 250 g/mol. The minimum atomic E-state index is 0.542. The Labute approximate surface area is 119 Å². The predicted octanol–water partition coefficient (Wildman–Crippen LogP) is 3.68. The van der Waals surface area contributed by atoms with Gasteiger partial charge in [-0.3, -0.25) is 0 Å². The summed E-state index contributed by atoms with van der Waals surface area (Å²) in [5.74, 6) is 2.74. The molecule has 0 spiro atoms. The van der Waals surface area contributed by atoms with E-state index in [1.807, 2.05) is 12.3 Å². The van der Waals surface area contributed by atoms with Crippen molar-refractivity contribution in [2.24, 2.45) is 0 Å². The largest absolute Gasteiger partial charge is 0.496 e. The molecule has 0 amide bonds. The summed E-state index contributed by atoms with van der Waals surface area (Å²) in [4.78, 5) is 4.29. The Morgan fingerprint density at radius 3 is 2.55 bits per heavy atom. The SMILES string of the molecule is COc1ccc([C@@H]2C[C@@H]2c2cc(C)ccc2OC)cn1. The fourth-order valence-corrected chi connectivity index (χ4v) is 2.78. The molecular formula is C17H19NO2. The van der Waals surface area contributed by atoms with Crippen molar-refractivity contribution in [3.63, 3.8) is 0 Å². The third kappa shape index (κ3) is 2.36. The summed E-state index contributed by atoms with van der Waals surface area (Å²) in [5.41, 5.74) is 3.87. The Kier molecular flexibility index (Phi) is 3.35. The number of hydrogen-bond donors (Lipinski definition) is 0. The first-order chi connectivity index (χ1) is 9.72. The highest BCUT2D eigenvalue weighted by Gasteiger charge is 2.41. The first kappa shape index (κ1) is 13.0. The highest BCUT2D eigenvalue weighted by atomic mass is 16.5. The second-order valence-corrected chi connectivity index (χ2v) is 5.33. The van der Waals surface area contributed by atoms with Gasteiger partial charge in [0.15, 0.2) is 0 Å². The van der Waals surface area contributed by atoms with E-state index in [9.17, 15) is 0 Å². The summed E-state index contributed by atoms with van der Waals surface area (Å²) in [6.07, 6.45) is 3.08. The van der Waals surface area contributed by atoms with Crippen molar-refractivity contribution in [2.75, 3.05) is 14.2 Å². The van der Waals surface area contributed by atoms with Gasteiger partial charge in [-0.15, -0.1) is 0 Å². The van der Waals surface area contributed by atoms with E-state index in [0.29, 0.717) is 17.7 Å². The molecule has 1 aromatic carbocycles. The zero-order chi connectivity index (χ0) is 14.1. The van der Waals surface area contributed by atoms with Crippen LogP contribution in [-0.4, -0.2) is 19.2 Å². The molecule has 0 N–H and O–H groups in total. The zero-order valence-electron chi connectivity index (χ0n) is 12.1. The number of methoxy groups -OCH3 is 2. The molecule has 0 aliphatic heterocycles. The van der Waals surface area contributed by atoms with Crippen LogP contribution in [0.1, 0.15) is 34.9 Å².